The van der Waals surface area contributed by atoms with Crippen LogP contribution in [0.15, 0.2) is 53.6 Å². The maximum absolute atomic E-state index is 10.9. The molecule has 2 heterocycles. The zero-order valence-corrected chi connectivity index (χ0v) is 17.7. The Morgan fingerprint density at radius 2 is 1.66 bits per heavy atom. The lowest BCUT2D eigenvalue weighted by Crippen LogP contribution is -2.31. The van der Waals surface area contributed by atoms with Gasteiger partial charge in [0.15, 0.2) is 0 Å². The molecule has 0 unspecified atom stereocenters. The summed E-state index contributed by atoms with van der Waals surface area (Å²) < 4.78 is 0. The monoisotopic (exact) mass is 432 g/mol. The summed E-state index contributed by atoms with van der Waals surface area (Å²) >= 11 is 0. The van der Waals surface area contributed by atoms with Gasteiger partial charge in [-0.15, -0.1) is 0 Å². The minimum absolute atomic E-state index is 0.0213. The van der Waals surface area contributed by atoms with Gasteiger partial charge in [0, 0.05) is 30.9 Å². The predicted molar refractivity (Wildman–Crippen MR) is 125 cm³/mol. The highest BCUT2D eigenvalue weighted by atomic mass is 16.6. The number of benzene rings is 2. The summed E-state index contributed by atoms with van der Waals surface area (Å²) in [6.07, 6.45) is 5.07. The number of hydrazone groups is 1. The molecule has 0 radical (unpaired) electrons. The molecule has 4 rings (SSSR count). The fourth-order valence-electron chi connectivity index (χ4n) is 3.32. The molecule has 1 aliphatic rings. The quantitative estimate of drug-likeness (QED) is 0.322. The van der Waals surface area contributed by atoms with Crippen molar-refractivity contribution in [1.82, 2.24) is 15.0 Å². The van der Waals surface area contributed by atoms with Crippen LogP contribution >= 0.6 is 0 Å². The number of aryl methyl sites for hydroxylation is 1. The summed E-state index contributed by atoms with van der Waals surface area (Å²) in [6.45, 7) is 3.80. The van der Waals surface area contributed by atoms with E-state index in [1.165, 1.54) is 24.1 Å². The number of hydrogen-bond acceptors (Lipinski definition) is 9. The average Bonchev–Trinajstić information content (AvgIpc) is 2.81. The Morgan fingerprint density at radius 3 is 2.34 bits per heavy atom. The Labute approximate surface area is 185 Å². The second kappa shape index (κ2) is 9.82. The van der Waals surface area contributed by atoms with Gasteiger partial charge < -0.3 is 10.2 Å². The van der Waals surface area contributed by atoms with E-state index in [4.69, 9.17) is 0 Å². The summed E-state index contributed by atoms with van der Waals surface area (Å²) in [5.41, 5.74) is 5.69. The largest absolute Gasteiger partial charge is 0.341 e. The van der Waals surface area contributed by atoms with Crippen molar-refractivity contribution in [3.63, 3.8) is 0 Å². The Bertz CT molecular complexity index is 1090. The van der Waals surface area contributed by atoms with Crippen LogP contribution in [0.1, 0.15) is 30.4 Å². The second-order valence-corrected chi connectivity index (χ2v) is 7.54. The first-order valence-electron chi connectivity index (χ1n) is 10.4. The minimum atomic E-state index is -0.435. The maximum Gasteiger partial charge on any atom is 0.269 e. The number of piperidine rings is 1. The van der Waals surface area contributed by atoms with Crippen LogP contribution in [-0.2, 0) is 0 Å². The van der Waals surface area contributed by atoms with Gasteiger partial charge in [0.2, 0.25) is 17.8 Å². The fraction of sp³-hybridized carbons (Fsp3) is 0.273. The molecule has 0 saturated carbocycles. The molecule has 164 valence electrons. The lowest BCUT2D eigenvalue weighted by Gasteiger charge is -2.26. The molecule has 3 aromatic rings. The van der Waals surface area contributed by atoms with Crippen molar-refractivity contribution < 1.29 is 4.92 Å². The van der Waals surface area contributed by atoms with Crippen LogP contribution in [0.3, 0.4) is 0 Å². The molecule has 1 aromatic heterocycles. The van der Waals surface area contributed by atoms with E-state index < -0.39 is 4.92 Å². The van der Waals surface area contributed by atoms with Crippen molar-refractivity contribution in [3.05, 3.63) is 69.8 Å². The Balaban J connectivity index is 1.55. The van der Waals surface area contributed by atoms with Gasteiger partial charge in [-0.25, -0.2) is 5.43 Å². The van der Waals surface area contributed by atoms with Crippen LogP contribution in [0.25, 0.3) is 0 Å². The van der Waals surface area contributed by atoms with Crippen molar-refractivity contribution in [2.24, 2.45) is 5.10 Å². The Morgan fingerprint density at radius 1 is 0.969 bits per heavy atom. The molecule has 1 saturated heterocycles. The standard InChI is InChI=1S/C22H24N8O2/c1-16-5-7-17(8-6-16)15-23-28-21-25-20(24-18-9-11-19(12-10-18)30(31)32)26-22(27-21)29-13-3-2-4-14-29/h5-12,15H,2-4,13-14H2,1H3,(H2,24,25,26,27,28)/b23-15-. The molecule has 1 aliphatic heterocycles. The van der Waals surface area contributed by atoms with E-state index in [1.807, 2.05) is 31.2 Å². The molecular formula is C22H24N8O2. The van der Waals surface area contributed by atoms with Gasteiger partial charge in [0.1, 0.15) is 0 Å². The lowest BCUT2D eigenvalue weighted by atomic mass is 10.1. The van der Waals surface area contributed by atoms with Crippen LogP contribution in [0.5, 0.6) is 0 Å². The van der Waals surface area contributed by atoms with Crippen LogP contribution in [0.4, 0.5) is 29.2 Å². The first kappa shape index (κ1) is 21.2. The molecule has 32 heavy (non-hydrogen) atoms. The second-order valence-electron chi connectivity index (χ2n) is 7.54. The van der Waals surface area contributed by atoms with Gasteiger partial charge in [0.25, 0.3) is 5.69 Å². The molecule has 1 fully saturated rings. The zero-order chi connectivity index (χ0) is 22.3. The van der Waals surface area contributed by atoms with Crippen molar-refractivity contribution in [1.29, 1.82) is 0 Å². The van der Waals surface area contributed by atoms with Crippen LogP contribution in [0.2, 0.25) is 0 Å². The molecule has 2 aromatic carbocycles. The first-order valence-corrected chi connectivity index (χ1v) is 10.4. The number of hydrogen-bond donors (Lipinski definition) is 2. The van der Waals surface area contributed by atoms with Crippen molar-refractivity contribution in [2.45, 2.75) is 26.2 Å². The highest BCUT2D eigenvalue weighted by molar-refractivity contribution is 5.80. The van der Waals surface area contributed by atoms with Crippen LogP contribution < -0.4 is 15.6 Å². The minimum Gasteiger partial charge on any atom is -0.341 e. The molecular weight excluding hydrogens is 408 g/mol. The SMILES string of the molecule is Cc1ccc(/C=N\Nc2nc(Nc3ccc([N+](=O)[O-])cc3)nc(N3CCCCC3)n2)cc1. The number of rotatable bonds is 7. The third-order valence-electron chi connectivity index (χ3n) is 5.05. The summed E-state index contributed by atoms with van der Waals surface area (Å²) in [4.78, 5) is 26.1. The summed E-state index contributed by atoms with van der Waals surface area (Å²) in [5, 5.41) is 18.2. The molecule has 0 bridgehead atoms. The molecule has 10 nitrogen and oxygen atoms in total. The molecule has 0 atom stereocenters. The Kier molecular flexibility index (Phi) is 6.49. The number of nitrogens with zero attached hydrogens (tertiary/aromatic N) is 6. The highest BCUT2D eigenvalue weighted by Crippen LogP contribution is 2.22. The van der Waals surface area contributed by atoms with Gasteiger partial charge in [-0.1, -0.05) is 29.8 Å². The van der Waals surface area contributed by atoms with Crippen LogP contribution in [0, 0.1) is 17.0 Å². The topological polar surface area (TPSA) is 121 Å². The zero-order valence-electron chi connectivity index (χ0n) is 17.7. The van der Waals surface area contributed by atoms with Gasteiger partial charge in [-0.05, 0) is 43.9 Å². The molecule has 2 N–H and O–H groups in total. The fourth-order valence-corrected chi connectivity index (χ4v) is 3.32. The summed E-state index contributed by atoms with van der Waals surface area (Å²) in [7, 11) is 0. The van der Waals surface area contributed by atoms with Crippen LogP contribution in [-0.4, -0.2) is 39.2 Å². The van der Waals surface area contributed by atoms with E-state index >= 15 is 0 Å². The van der Waals surface area contributed by atoms with Gasteiger partial charge in [-0.3, -0.25) is 10.1 Å². The van der Waals surface area contributed by atoms with Gasteiger partial charge in [0.05, 0.1) is 11.1 Å². The highest BCUT2D eigenvalue weighted by Gasteiger charge is 2.16. The third kappa shape index (κ3) is 5.54. The average molecular weight is 432 g/mol. The number of nitro groups is 1. The number of non-ortho nitro benzene ring substituents is 1. The van der Waals surface area contributed by atoms with Gasteiger partial charge in [-0.2, -0.15) is 20.1 Å². The van der Waals surface area contributed by atoms with Crippen molar-refractivity contribution >= 4 is 35.4 Å². The number of aromatic nitrogens is 3. The molecule has 0 aliphatic carbocycles. The lowest BCUT2D eigenvalue weighted by molar-refractivity contribution is -0.384. The van der Waals surface area contributed by atoms with E-state index in [0.29, 0.717) is 23.5 Å². The third-order valence-corrected chi connectivity index (χ3v) is 5.05. The number of anilines is 4. The predicted octanol–water partition coefficient (Wildman–Crippen LogP) is 4.27. The molecule has 0 spiro atoms. The molecule has 10 heteroatoms. The van der Waals surface area contributed by atoms with Crippen molar-refractivity contribution in [3.8, 4) is 0 Å². The van der Waals surface area contributed by atoms with E-state index in [9.17, 15) is 10.1 Å². The van der Waals surface area contributed by atoms with Gasteiger partial charge >= 0.3 is 0 Å². The van der Waals surface area contributed by atoms with E-state index in [-0.39, 0.29) is 5.69 Å². The first-order chi connectivity index (χ1) is 15.6. The summed E-state index contributed by atoms with van der Waals surface area (Å²) in [6, 6.07) is 14.1. The van der Waals surface area contributed by atoms with E-state index in [2.05, 4.69) is 35.7 Å². The van der Waals surface area contributed by atoms with E-state index in [0.717, 1.165) is 31.5 Å². The normalized spacial score (nSPS) is 13.8. The smallest absolute Gasteiger partial charge is 0.269 e. The van der Waals surface area contributed by atoms with E-state index in [1.54, 1.807) is 18.3 Å². The summed E-state index contributed by atoms with van der Waals surface area (Å²) in [5.74, 6) is 1.22. The maximum atomic E-state index is 10.9. The number of nitro benzene ring substituents is 1. The molecule has 0 amide bonds. The van der Waals surface area contributed by atoms with Crippen molar-refractivity contribution in [2.75, 3.05) is 28.7 Å². The number of nitrogens with one attached hydrogen (secondary N) is 2. The Hall–Kier alpha value is -4.08.